The van der Waals surface area contributed by atoms with Crippen LogP contribution in [0.1, 0.15) is 21.5 Å². The van der Waals surface area contributed by atoms with Crippen molar-refractivity contribution in [2.75, 3.05) is 13.4 Å². The Morgan fingerprint density at radius 3 is 2.33 bits per heavy atom. The van der Waals surface area contributed by atoms with Crippen LogP contribution in [0.15, 0.2) is 11.0 Å². The molecular weight excluding hydrogens is 269 g/mol. The highest BCUT2D eigenvalue weighted by Gasteiger charge is 2.38. The van der Waals surface area contributed by atoms with Crippen molar-refractivity contribution < 1.29 is 27.8 Å². The molecule has 0 saturated carbocycles. The number of halogens is 3. The summed E-state index contributed by atoms with van der Waals surface area (Å²) >= 11 is 0.811. The molecular formula is C11H11F3O3S. The smallest absolute Gasteiger partial charge is 0.417 e. The van der Waals surface area contributed by atoms with Crippen molar-refractivity contribution in [2.24, 2.45) is 0 Å². The lowest BCUT2D eigenvalue weighted by molar-refractivity contribution is -0.140. The van der Waals surface area contributed by atoms with Gasteiger partial charge in [0.2, 0.25) is 0 Å². The number of ether oxygens (including phenoxy) is 1. The molecule has 0 aliphatic carbocycles. The molecule has 0 saturated heterocycles. The summed E-state index contributed by atoms with van der Waals surface area (Å²) in [6, 6.07) is 0.976. The van der Waals surface area contributed by atoms with Crippen molar-refractivity contribution in [3.63, 3.8) is 0 Å². The SMILES string of the molecule is COc1c(C(=O)O)cc(C)c(C(F)(F)F)c1SC. The summed E-state index contributed by atoms with van der Waals surface area (Å²) in [5, 5.41) is 8.96. The molecule has 0 unspecified atom stereocenters. The molecule has 0 fully saturated rings. The fourth-order valence-corrected chi connectivity index (χ4v) is 2.54. The number of hydrogen-bond donors (Lipinski definition) is 1. The van der Waals surface area contributed by atoms with E-state index in [1.807, 2.05) is 0 Å². The van der Waals surface area contributed by atoms with Crippen molar-refractivity contribution in [1.82, 2.24) is 0 Å². The third-order valence-electron chi connectivity index (χ3n) is 2.36. The van der Waals surface area contributed by atoms with Crippen LogP contribution in [0.25, 0.3) is 0 Å². The molecule has 1 aromatic rings. The van der Waals surface area contributed by atoms with Gasteiger partial charge in [-0.1, -0.05) is 0 Å². The number of thioether (sulfide) groups is 1. The maximum atomic E-state index is 12.9. The van der Waals surface area contributed by atoms with Crippen LogP contribution in [0.5, 0.6) is 5.75 Å². The molecule has 100 valence electrons. The topological polar surface area (TPSA) is 46.5 Å². The lowest BCUT2D eigenvalue weighted by Gasteiger charge is -2.19. The van der Waals surface area contributed by atoms with Crippen LogP contribution in [0, 0.1) is 6.92 Å². The Labute approximate surface area is 106 Å². The van der Waals surface area contributed by atoms with E-state index in [1.165, 1.54) is 13.2 Å². The predicted octanol–water partition coefficient (Wildman–Crippen LogP) is 3.44. The van der Waals surface area contributed by atoms with Gasteiger partial charge in [-0.05, 0) is 24.8 Å². The van der Waals surface area contributed by atoms with Crippen LogP contribution < -0.4 is 4.74 Å². The molecule has 0 bridgehead atoms. The third-order valence-corrected chi connectivity index (χ3v) is 3.15. The second kappa shape index (κ2) is 5.09. The molecule has 0 radical (unpaired) electrons. The van der Waals surface area contributed by atoms with Gasteiger partial charge in [0.15, 0.2) is 0 Å². The molecule has 1 rings (SSSR count). The number of hydrogen-bond acceptors (Lipinski definition) is 3. The van der Waals surface area contributed by atoms with Crippen molar-refractivity contribution in [3.05, 3.63) is 22.8 Å². The fourth-order valence-electron chi connectivity index (χ4n) is 1.68. The largest absolute Gasteiger partial charge is 0.495 e. The molecule has 0 amide bonds. The molecule has 0 aliphatic heterocycles. The number of alkyl halides is 3. The van der Waals surface area contributed by atoms with Crippen LogP contribution in [0.4, 0.5) is 13.2 Å². The van der Waals surface area contributed by atoms with Crippen LogP contribution in [0.2, 0.25) is 0 Å². The summed E-state index contributed by atoms with van der Waals surface area (Å²) < 4.78 is 43.6. The maximum absolute atomic E-state index is 12.9. The first-order valence-electron chi connectivity index (χ1n) is 4.80. The van der Waals surface area contributed by atoms with Crippen molar-refractivity contribution in [2.45, 2.75) is 18.0 Å². The molecule has 7 heteroatoms. The van der Waals surface area contributed by atoms with Gasteiger partial charge in [0.25, 0.3) is 0 Å². The minimum Gasteiger partial charge on any atom is -0.495 e. The Kier molecular flexibility index (Phi) is 4.16. The number of benzene rings is 1. The summed E-state index contributed by atoms with van der Waals surface area (Å²) in [5.41, 5.74) is -1.26. The molecule has 1 aromatic carbocycles. The van der Waals surface area contributed by atoms with Gasteiger partial charge < -0.3 is 9.84 Å². The lowest BCUT2D eigenvalue weighted by atomic mass is 10.0. The van der Waals surface area contributed by atoms with E-state index in [0.29, 0.717) is 0 Å². The Morgan fingerprint density at radius 1 is 1.44 bits per heavy atom. The van der Waals surface area contributed by atoms with E-state index in [1.54, 1.807) is 0 Å². The minimum absolute atomic E-state index is 0.134. The van der Waals surface area contributed by atoms with E-state index in [0.717, 1.165) is 24.9 Å². The summed E-state index contributed by atoms with van der Waals surface area (Å²) in [7, 11) is 1.15. The fraction of sp³-hybridized carbons (Fsp3) is 0.364. The predicted molar refractivity (Wildman–Crippen MR) is 61.5 cm³/mol. The highest BCUT2D eigenvalue weighted by Crippen LogP contribution is 2.44. The number of methoxy groups -OCH3 is 1. The second-order valence-electron chi connectivity index (χ2n) is 3.49. The molecule has 0 aromatic heterocycles. The van der Waals surface area contributed by atoms with Gasteiger partial charge in [-0.2, -0.15) is 13.2 Å². The van der Waals surface area contributed by atoms with Gasteiger partial charge in [-0.15, -0.1) is 11.8 Å². The quantitative estimate of drug-likeness (QED) is 0.861. The normalized spacial score (nSPS) is 11.4. The van der Waals surface area contributed by atoms with Gasteiger partial charge in [0, 0.05) is 0 Å². The highest BCUT2D eigenvalue weighted by atomic mass is 32.2. The summed E-state index contributed by atoms with van der Waals surface area (Å²) in [6.07, 6.45) is -3.11. The molecule has 0 aliphatic rings. The van der Waals surface area contributed by atoms with E-state index in [-0.39, 0.29) is 21.8 Å². The molecule has 0 atom stereocenters. The first-order chi connectivity index (χ1) is 8.23. The number of aromatic carboxylic acids is 1. The molecule has 1 N–H and O–H groups in total. The van der Waals surface area contributed by atoms with E-state index in [9.17, 15) is 18.0 Å². The van der Waals surface area contributed by atoms with Gasteiger partial charge in [-0.3, -0.25) is 0 Å². The Balaban J connectivity index is 3.72. The number of carboxylic acid groups (broad SMARTS) is 1. The van der Waals surface area contributed by atoms with Crippen LogP contribution in [0.3, 0.4) is 0 Å². The molecule has 18 heavy (non-hydrogen) atoms. The zero-order valence-electron chi connectivity index (χ0n) is 9.88. The molecule has 3 nitrogen and oxygen atoms in total. The first-order valence-corrected chi connectivity index (χ1v) is 6.02. The average Bonchev–Trinajstić information content (AvgIpc) is 2.25. The van der Waals surface area contributed by atoms with Crippen LogP contribution >= 0.6 is 11.8 Å². The maximum Gasteiger partial charge on any atom is 0.417 e. The third kappa shape index (κ3) is 2.55. The Bertz CT molecular complexity index is 483. The zero-order valence-corrected chi connectivity index (χ0v) is 10.7. The number of rotatable bonds is 3. The van der Waals surface area contributed by atoms with Gasteiger partial charge in [0.1, 0.15) is 11.3 Å². The van der Waals surface area contributed by atoms with E-state index in [2.05, 4.69) is 0 Å². The monoisotopic (exact) mass is 280 g/mol. The molecule has 0 heterocycles. The van der Waals surface area contributed by atoms with Crippen molar-refractivity contribution >= 4 is 17.7 Å². The van der Waals surface area contributed by atoms with Gasteiger partial charge in [0.05, 0.1) is 17.6 Å². The summed E-state index contributed by atoms with van der Waals surface area (Å²) in [6.45, 7) is 1.23. The van der Waals surface area contributed by atoms with E-state index < -0.39 is 17.7 Å². The summed E-state index contributed by atoms with van der Waals surface area (Å²) in [5.74, 6) is -1.58. The summed E-state index contributed by atoms with van der Waals surface area (Å²) in [4.78, 5) is 10.8. The standard InChI is InChI=1S/C11H11F3O3S/c1-5-4-6(10(15)16)8(17-2)9(18-3)7(5)11(12,13)14/h4H,1-3H3,(H,15,16). The highest BCUT2D eigenvalue weighted by molar-refractivity contribution is 7.98. The lowest BCUT2D eigenvalue weighted by Crippen LogP contribution is -2.13. The Morgan fingerprint density at radius 2 is 2.00 bits per heavy atom. The zero-order chi connectivity index (χ0) is 14.1. The second-order valence-corrected chi connectivity index (χ2v) is 4.30. The van der Waals surface area contributed by atoms with Gasteiger partial charge >= 0.3 is 12.1 Å². The molecule has 0 spiro atoms. The van der Waals surface area contributed by atoms with Crippen LogP contribution in [-0.2, 0) is 6.18 Å². The number of carboxylic acids is 1. The Hall–Kier alpha value is -1.37. The van der Waals surface area contributed by atoms with E-state index >= 15 is 0 Å². The van der Waals surface area contributed by atoms with Crippen molar-refractivity contribution in [1.29, 1.82) is 0 Å². The van der Waals surface area contributed by atoms with Crippen molar-refractivity contribution in [3.8, 4) is 5.75 Å². The van der Waals surface area contributed by atoms with Crippen LogP contribution in [-0.4, -0.2) is 24.4 Å². The first kappa shape index (κ1) is 14.7. The minimum atomic E-state index is -4.55. The average molecular weight is 280 g/mol. The van der Waals surface area contributed by atoms with E-state index in [4.69, 9.17) is 9.84 Å². The number of carbonyl (C=O) groups is 1. The number of aryl methyl sites for hydroxylation is 1. The van der Waals surface area contributed by atoms with Gasteiger partial charge in [-0.25, -0.2) is 4.79 Å².